The van der Waals surface area contributed by atoms with Crippen molar-refractivity contribution in [1.82, 2.24) is 34.4 Å². The summed E-state index contributed by atoms with van der Waals surface area (Å²) in [5.74, 6) is -2.94. The zero-order chi connectivity index (χ0) is 35.7. The number of aliphatic hydroxyl groups is 1. The summed E-state index contributed by atoms with van der Waals surface area (Å²) < 4.78 is 39.1. The Balaban J connectivity index is 1.10. The van der Waals surface area contributed by atoms with Crippen molar-refractivity contribution in [3.05, 3.63) is 77.0 Å². The number of methoxy groups -OCH3 is 1. The lowest BCUT2D eigenvalue weighted by molar-refractivity contribution is -0.134. The Labute approximate surface area is 287 Å². The zero-order valence-electron chi connectivity index (χ0n) is 28.4. The molecule has 13 nitrogen and oxygen atoms in total. The molecule has 2 atom stereocenters. The van der Waals surface area contributed by atoms with Crippen LogP contribution in [0.4, 0.5) is 14.5 Å². The van der Waals surface area contributed by atoms with Crippen molar-refractivity contribution in [2.75, 3.05) is 51.8 Å². The molecule has 2 aliphatic rings. The number of piperazine rings is 1. The van der Waals surface area contributed by atoms with Crippen LogP contribution in [0.3, 0.4) is 0 Å². The van der Waals surface area contributed by atoms with Gasteiger partial charge in [-0.3, -0.25) is 19.1 Å². The summed E-state index contributed by atoms with van der Waals surface area (Å²) in [4.78, 5) is 47.0. The summed E-state index contributed by atoms with van der Waals surface area (Å²) >= 11 is 0. The van der Waals surface area contributed by atoms with Gasteiger partial charge >= 0.3 is 0 Å². The number of hydrogen-bond donors (Lipinski definition) is 3. The SMILES string of the molecule is COCCn1ncc(-c2ccc(-c3cnc(C(=O)Nc4ccc(C(=O)N5CCN(C(=O)[C@@H]6C[C@@H](O)CN6)CC5)c(C)c4)n3C)c(F)c2F)c1C. The summed E-state index contributed by atoms with van der Waals surface area (Å²) in [5.41, 5.74) is 2.91. The molecule has 0 bridgehead atoms. The van der Waals surface area contributed by atoms with Gasteiger partial charge in [0.25, 0.3) is 11.8 Å². The number of benzene rings is 2. The van der Waals surface area contributed by atoms with Crippen LogP contribution in [0.1, 0.15) is 38.7 Å². The van der Waals surface area contributed by atoms with Gasteiger partial charge in [-0.05, 0) is 50.1 Å². The fraction of sp³-hybridized carbons (Fsp3) is 0.400. The van der Waals surface area contributed by atoms with E-state index in [0.29, 0.717) is 80.4 Å². The number of β-amino-alcohol motifs (C(OH)–C–C–N with tert-alkyl or cyclic N) is 1. The molecule has 0 aliphatic carbocycles. The van der Waals surface area contributed by atoms with Gasteiger partial charge in [-0.25, -0.2) is 13.8 Å². The number of nitrogens with one attached hydrogen (secondary N) is 2. The molecule has 264 valence electrons. The maximum atomic E-state index is 15.5. The predicted octanol–water partition coefficient (Wildman–Crippen LogP) is 2.75. The molecule has 0 saturated carbocycles. The van der Waals surface area contributed by atoms with E-state index in [9.17, 15) is 19.5 Å². The first-order valence-corrected chi connectivity index (χ1v) is 16.4. The third kappa shape index (κ3) is 6.75. The van der Waals surface area contributed by atoms with Gasteiger partial charge in [0.2, 0.25) is 5.91 Å². The number of ether oxygens (including phenoxy) is 1. The van der Waals surface area contributed by atoms with Crippen LogP contribution in [-0.4, -0.2) is 111 Å². The second-order valence-corrected chi connectivity index (χ2v) is 12.6. The molecule has 50 heavy (non-hydrogen) atoms. The number of nitrogens with zero attached hydrogens (tertiary/aromatic N) is 6. The quantitative estimate of drug-likeness (QED) is 0.243. The fourth-order valence-corrected chi connectivity index (χ4v) is 6.53. The number of aryl methyl sites for hydroxylation is 1. The summed E-state index contributed by atoms with van der Waals surface area (Å²) in [6.45, 7) is 6.41. The Morgan fingerprint density at radius 2 is 1.70 bits per heavy atom. The summed E-state index contributed by atoms with van der Waals surface area (Å²) in [6, 6.07) is 7.47. The van der Waals surface area contributed by atoms with Crippen molar-refractivity contribution >= 4 is 23.4 Å². The molecular formula is C35H40F2N8O5. The lowest BCUT2D eigenvalue weighted by Gasteiger charge is -2.36. The highest BCUT2D eigenvalue weighted by molar-refractivity contribution is 6.03. The normalized spacial score (nSPS) is 17.7. The zero-order valence-corrected chi connectivity index (χ0v) is 28.4. The third-order valence-corrected chi connectivity index (χ3v) is 9.45. The smallest absolute Gasteiger partial charge is 0.291 e. The molecule has 4 aromatic rings. The highest BCUT2D eigenvalue weighted by Crippen LogP contribution is 2.33. The van der Waals surface area contributed by atoms with E-state index in [1.807, 2.05) is 0 Å². The second kappa shape index (κ2) is 14.5. The van der Waals surface area contributed by atoms with Crippen molar-refractivity contribution in [3.63, 3.8) is 0 Å². The van der Waals surface area contributed by atoms with Gasteiger partial charge < -0.3 is 34.8 Å². The fourth-order valence-electron chi connectivity index (χ4n) is 6.53. The molecule has 0 spiro atoms. The molecule has 4 heterocycles. The van der Waals surface area contributed by atoms with Crippen molar-refractivity contribution in [1.29, 1.82) is 0 Å². The number of imidazole rings is 1. The van der Waals surface area contributed by atoms with Crippen molar-refractivity contribution in [2.45, 2.75) is 39.0 Å². The Morgan fingerprint density at radius 3 is 2.38 bits per heavy atom. The number of aliphatic hydroxyl groups excluding tert-OH is 1. The number of carbonyl (C=O) groups excluding carboxylic acids is 3. The first kappa shape index (κ1) is 34.9. The van der Waals surface area contributed by atoms with Gasteiger partial charge in [-0.2, -0.15) is 5.10 Å². The van der Waals surface area contributed by atoms with E-state index in [1.54, 1.807) is 60.7 Å². The van der Waals surface area contributed by atoms with Crippen LogP contribution in [0.15, 0.2) is 42.7 Å². The number of rotatable bonds is 9. The Morgan fingerprint density at radius 1 is 1.00 bits per heavy atom. The van der Waals surface area contributed by atoms with Gasteiger partial charge in [0, 0.05) is 80.5 Å². The number of aromatic nitrogens is 4. The van der Waals surface area contributed by atoms with Crippen LogP contribution >= 0.6 is 0 Å². The first-order valence-electron chi connectivity index (χ1n) is 16.4. The van der Waals surface area contributed by atoms with Crippen LogP contribution in [0.25, 0.3) is 22.4 Å². The van der Waals surface area contributed by atoms with Crippen LogP contribution in [0.5, 0.6) is 0 Å². The molecule has 6 rings (SSSR count). The molecule has 2 aliphatic heterocycles. The molecule has 0 radical (unpaired) electrons. The molecule has 3 N–H and O–H groups in total. The highest BCUT2D eigenvalue weighted by atomic mass is 19.2. The standard InChI is InChI=1S/C35H40F2N8O5/c1-20-15-22(5-6-24(20)34(48)43-9-11-44(12-10-43)35(49)28-16-23(46)17-38-28)41-33(47)32-39-19-29(42(32)3)26-8-7-25(30(36)31(26)37)27-18-40-45(21(27)2)13-14-50-4/h5-8,15,18-19,23,28,38,46H,9-14,16-17H2,1-4H3,(H,41,47)/t23-,28+/m1/s1. The molecule has 2 aromatic heterocycles. The van der Waals surface area contributed by atoms with Crippen molar-refractivity contribution in [3.8, 4) is 22.4 Å². The van der Waals surface area contributed by atoms with E-state index >= 15 is 8.78 Å². The van der Waals surface area contributed by atoms with E-state index in [0.717, 1.165) is 0 Å². The van der Waals surface area contributed by atoms with Gasteiger partial charge in [0.15, 0.2) is 17.5 Å². The van der Waals surface area contributed by atoms with E-state index in [-0.39, 0.29) is 34.5 Å². The molecular weight excluding hydrogens is 650 g/mol. The lowest BCUT2D eigenvalue weighted by Crippen LogP contribution is -2.54. The molecule has 0 unspecified atom stereocenters. The highest BCUT2D eigenvalue weighted by Gasteiger charge is 2.34. The largest absolute Gasteiger partial charge is 0.392 e. The Bertz CT molecular complexity index is 1930. The van der Waals surface area contributed by atoms with Gasteiger partial charge in [-0.1, -0.05) is 6.07 Å². The average molecular weight is 691 g/mol. The monoisotopic (exact) mass is 690 g/mol. The molecule has 2 fully saturated rings. The number of halogens is 2. The van der Waals surface area contributed by atoms with E-state index < -0.39 is 29.7 Å². The van der Waals surface area contributed by atoms with Gasteiger partial charge in [0.05, 0.1) is 43.4 Å². The molecule has 15 heteroatoms. The maximum absolute atomic E-state index is 15.5. The molecule has 3 amide bonds. The predicted molar refractivity (Wildman–Crippen MR) is 180 cm³/mol. The lowest BCUT2D eigenvalue weighted by atomic mass is 10.0. The first-order chi connectivity index (χ1) is 24.0. The van der Waals surface area contributed by atoms with E-state index in [2.05, 4.69) is 20.7 Å². The minimum atomic E-state index is -1.07. The molecule has 2 aromatic carbocycles. The van der Waals surface area contributed by atoms with Crippen LogP contribution in [0, 0.1) is 25.5 Å². The minimum absolute atomic E-state index is 0.0216. The van der Waals surface area contributed by atoms with Crippen molar-refractivity contribution in [2.24, 2.45) is 7.05 Å². The Hall–Kier alpha value is -4.99. The minimum Gasteiger partial charge on any atom is -0.392 e. The maximum Gasteiger partial charge on any atom is 0.291 e. The van der Waals surface area contributed by atoms with Gasteiger partial charge in [-0.15, -0.1) is 0 Å². The number of hydrogen-bond acceptors (Lipinski definition) is 8. The van der Waals surface area contributed by atoms with Crippen molar-refractivity contribution < 1.29 is 33.0 Å². The summed E-state index contributed by atoms with van der Waals surface area (Å²) in [5, 5.41) is 19.8. The second-order valence-electron chi connectivity index (χ2n) is 12.6. The molecule has 2 saturated heterocycles. The topological polar surface area (TPSA) is 147 Å². The number of anilines is 1. The Kier molecular flexibility index (Phi) is 10.1. The van der Waals surface area contributed by atoms with Crippen LogP contribution < -0.4 is 10.6 Å². The van der Waals surface area contributed by atoms with Crippen LogP contribution in [-0.2, 0) is 23.1 Å². The van der Waals surface area contributed by atoms with Crippen LogP contribution in [0.2, 0.25) is 0 Å². The van der Waals surface area contributed by atoms with E-state index in [1.165, 1.54) is 29.1 Å². The summed E-state index contributed by atoms with van der Waals surface area (Å²) in [6.07, 6.45) is 2.67. The third-order valence-electron chi connectivity index (χ3n) is 9.45. The average Bonchev–Trinajstić information content (AvgIpc) is 3.82. The number of amides is 3. The van der Waals surface area contributed by atoms with Gasteiger partial charge in [0.1, 0.15) is 0 Å². The number of carbonyl (C=O) groups is 3. The van der Waals surface area contributed by atoms with E-state index in [4.69, 9.17) is 4.74 Å². The summed E-state index contributed by atoms with van der Waals surface area (Å²) in [7, 11) is 3.12.